The average molecular weight is 390 g/mol. The summed E-state index contributed by atoms with van der Waals surface area (Å²) in [5, 5.41) is 7.62. The summed E-state index contributed by atoms with van der Waals surface area (Å²) < 4.78 is 1.56. The lowest BCUT2D eigenvalue weighted by Crippen LogP contribution is -2.29. The van der Waals surface area contributed by atoms with Gasteiger partial charge in [-0.15, -0.1) is 0 Å². The second-order valence-corrected chi connectivity index (χ2v) is 7.61. The number of amides is 1. The summed E-state index contributed by atoms with van der Waals surface area (Å²) in [6, 6.07) is 15.6. The van der Waals surface area contributed by atoms with Gasteiger partial charge in [0.05, 0.1) is 11.7 Å². The Morgan fingerprint density at radius 1 is 0.966 bits per heavy atom. The van der Waals surface area contributed by atoms with Crippen molar-refractivity contribution in [2.75, 3.05) is 13.1 Å². The SMILES string of the molecule is O=C(Cn1ncc(=O)c2ccccc21)NCc1ccc(CN2CCCCC2)cc1. The van der Waals surface area contributed by atoms with Crippen molar-refractivity contribution < 1.29 is 4.79 Å². The van der Waals surface area contributed by atoms with Gasteiger partial charge in [0.2, 0.25) is 11.3 Å². The molecule has 0 aliphatic carbocycles. The summed E-state index contributed by atoms with van der Waals surface area (Å²) in [7, 11) is 0. The van der Waals surface area contributed by atoms with E-state index >= 15 is 0 Å². The van der Waals surface area contributed by atoms with Gasteiger partial charge in [-0.05, 0) is 49.2 Å². The van der Waals surface area contributed by atoms with Crippen LogP contribution in [0.1, 0.15) is 30.4 Å². The molecule has 1 N–H and O–H groups in total. The molecule has 4 rings (SSSR count). The molecule has 29 heavy (non-hydrogen) atoms. The van der Waals surface area contributed by atoms with Gasteiger partial charge in [-0.2, -0.15) is 5.10 Å². The molecular weight excluding hydrogens is 364 g/mol. The van der Waals surface area contributed by atoms with Crippen molar-refractivity contribution >= 4 is 16.8 Å². The minimum atomic E-state index is -0.137. The molecule has 0 radical (unpaired) electrons. The third kappa shape index (κ3) is 4.90. The van der Waals surface area contributed by atoms with Crippen LogP contribution in [0.4, 0.5) is 0 Å². The van der Waals surface area contributed by atoms with Crippen LogP contribution in [0.3, 0.4) is 0 Å². The van der Waals surface area contributed by atoms with Crippen LogP contribution in [0.2, 0.25) is 0 Å². The number of likely N-dealkylation sites (tertiary alicyclic amines) is 1. The highest BCUT2D eigenvalue weighted by molar-refractivity contribution is 5.81. The maximum atomic E-state index is 12.4. The van der Waals surface area contributed by atoms with Crippen molar-refractivity contribution in [3.05, 3.63) is 76.1 Å². The topological polar surface area (TPSA) is 67.2 Å². The van der Waals surface area contributed by atoms with E-state index in [1.54, 1.807) is 16.8 Å². The second-order valence-electron chi connectivity index (χ2n) is 7.61. The first-order chi connectivity index (χ1) is 14.2. The monoisotopic (exact) mass is 390 g/mol. The number of hydrogen-bond donors (Lipinski definition) is 1. The fraction of sp³-hybridized carbons (Fsp3) is 0.348. The number of carbonyl (C=O) groups excluding carboxylic acids is 1. The molecule has 0 bridgehead atoms. The molecule has 1 saturated heterocycles. The van der Waals surface area contributed by atoms with Gasteiger partial charge in [-0.1, -0.05) is 42.8 Å². The van der Waals surface area contributed by atoms with Crippen molar-refractivity contribution in [3.63, 3.8) is 0 Å². The van der Waals surface area contributed by atoms with E-state index in [0.717, 1.165) is 12.1 Å². The number of hydrogen-bond acceptors (Lipinski definition) is 4. The van der Waals surface area contributed by atoms with Gasteiger partial charge >= 0.3 is 0 Å². The van der Waals surface area contributed by atoms with Gasteiger partial charge in [-0.25, -0.2) is 0 Å². The lowest BCUT2D eigenvalue weighted by Gasteiger charge is -2.26. The molecule has 3 aromatic rings. The number of carbonyl (C=O) groups is 1. The molecule has 1 aromatic heterocycles. The van der Waals surface area contributed by atoms with E-state index in [2.05, 4.69) is 39.6 Å². The van der Waals surface area contributed by atoms with Gasteiger partial charge < -0.3 is 5.32 Å². The number of fused-ring (bicyclic) bond motifs is 1. The maximum absolute atomic E-state index is 12.4. The van der Waals surface area contributed by atoms with Crippen LogP contribution in [0.15, 0.2) is 59.5 Å². The van der Waals surface area contributed by atoms with Crippen LogP contribution in [0, 0.1) is 0 Å². The minimum Gasteiger partial charge on any atom is -0.350 e. The molecule has 6 nitrogen and oxygen atoms in total. The average Bonchev–Trinajstić information content (AvgIpc) is 2.76. The molecule has 0 saturated carbocycles. The van der Waals surface area contributed by atoms with Gasteiger partial charge in [0.1, 0.15) is 6.54 Å². The maximum Gasteiger partial charge on any atom is 0.242 e. The van der Waals surface area contributed by atoms with Gasteiger partial charge in [0.25, 0.3) is 0 Å². The highest BCUT2D eigenvalue weighted by atomic mass is 16.2. The molecule has 2 aromatic carbocycles. The number of piperidine rings is 1. The number of aromatic nitrogens is 2. The predicted octanol–water partition coefficient (Wildman–Crippen LogP) is 2.70. The quantitative estimate of drug-likeness (QED) is 0.703. The summed E-state index contributed by atoms with van der Waals surface area (Å²) in [5.41, 5.74) is 2.91. The van der Waals surface area contributed by atoms with E-state index in [-0.39, 0.29) is 17.9 Å². The van der Waals surface area contributed by atoms with Crippen molar-refractivity contribution in [1.82, 2.24) is 20.0 Å². The highest BCUT2D eigenvalue weighted by Gasteiger charge is 2.11. The molecule has 1 aliphatic heterocycles. The zero-order chi connectivity index (χ0) is 20.1. The second kappa shape index (κ2) is 9.01. The van der Waals surface area contributed by atoms with Gasteiger partial charge in [0, 0.05) is 18.5 Å². The number of benzene rings is 2. The molecular formula is C23H26N4O2. The number of para-hydroxylation sites is 1. The number of nitrogens with zero attached hydrogens (tertiary/aromatic N) is 3. The standard InChI is InChI=1S/C23H26N4O2/c28-22-15-25-27(21-7-3-2-6-20(21)22)17-23(29)24-14-18-8-10-19(11-9-18)16-26-12-4-1-5-13-26/h2-3,6-11,15H,1,4-5,12-14,16-17H2,(H,24,29). The first-order valence-corrected chi connectivity index (χ1v) is 10.2. The van der Waals surface area contributed by atoms with Crippen molar-refractivity contribution in [3.8, 4) is 0 Å². The molecule has 150 valence electrons. The molecule has 0 spiro atoms. The van der Waals surface area contributed by atoms with Crippen LogP contribution in [0.5, 0.6) is 0 Å². The minimum absolute atomic E-state index is 0.0772. The summed E-state index contributed by atoms with van der Waals surface area (Å²) >= 11 is 0. The van der Waals surface area contributed by atoms with Crippen LogP contribution in [0.25, 0.3) is 10.9 Å². The van der Waals surface area contributed by atoms with E-state index in [1.165, 1.54) is 44.1 Å². The van der Waals surface area contributed by atoms with Crippen molar-refractivity contribution in [2.24, 2.45) is 0 Å². The molecule has 1 aliphatic rings. The summed E-state index contributed by atoms with van der Waals surface area (Å²) in [6.45, 7) is 3.92. The fourth-order valence-electron chi connectivity index (χ4n) is 3.82. The normalized spacial score (nSPS) is 14.8. The summed E-state index contributed by atoms with van der Waals surface area (Å²) in [4.78, 5) is 26.8. The Balaban J connectivity index is 1.33. The Hall–Kier alpha value is -2.99. The predicted molar refractivity (Wildman–Crippen MR) is 113 cm³/mol. The third-order valence-electron chi connectivity index (χ3n) is 5.42. The van der Waals surface area contributed by atoms with Crippen LogP contribution in [-0.4, -0.2) is 33.7 Å². The van der Waals surface area contributed by atoms with E-state index in [0.29, 0.717) is 17.4 Å². The van der Waals surface area contributed by atoms with Crippen LogP contribution in [-0.2, 0) is 24.4 Å². The Kier molecular flexibility index (Phi) is 6.00. The zero-order valence-corrected chi connectivity index (χ0v) is 16.5. The van der Waals surface area contributed by atoms with Crippen LogP contribution >= 0.6 is 0 Å². The summed E-state index contributed by atoms with van der Waals surface area (Å²) in [5.74, 6) is -0.135. The van der Waals surface area contributed by atoms with Gasteiger partial charge in [0.15, 0.2) is 0 Å². The molecule has 0 unspecified atom stereocenters. The smallest absolute Gasteiger partial charge is 0.242 e. The van der Waals surface area contributed by atoms with Crippen molar-refractivity contribution in [2.45, 2.75) is 38.9 Å². The Morgan fingerprint density at radius 3 is 2.48 bits per heavy atom. The zero-order valence-electron chi connectivity index (χ0n) is 16.5. The Bertz CT molecular complexity index is 1040. The fourth-order valence-corrected chi connectivity index (χ4v) is 3.82. The lowest BCUT2D eigenvalue weighted by atomic mass is 10.1. The van der Waals surface area contributed by atoms with E-state index in [4.69, 9.17) is 0 Å². The van der Waals surface area contributed by atoms with Crippen LogP contribution < -0.4 is 10.7 Å². The first-order valence-electron chi connectivity index (χ1n) is 10.2. The third-order valence-corrected chi connectivity index (χ3v) is 5.42. The molecule has 2 heterocycles. The van der Waals surface area contributed by atoms with Gasteiger partial charge in [-0.3, -0.25) is 19.2 Å². The Labute approximate surface area is 170 Å². The van der Waals surface area contributed by atoms with E-state index in [1.807, 2.05) is 12.1 Å². The molecule has 1 fully saturated rings. The molecule has 0 atom stereocenters. The summed E-state index contributed by atoms with van der Waals surface area (Å²) in [6.07, 6.45) is 5.20. The van der Waals surface area contributed by atoms with Crippen molar-refractivity contribution in [1.29, 1.82) is 0 Å². The lowest BCUT2D eigenvalue weighted by molar-refractivity contribution is -0.121. The number of nitrogens with one attached hydrogen (secondary N) is 1. The van der Waals surface area contributed by atoms with E-state index in [9.17, 15) is 9.59 Å². The Morgan fingerprint density at radius 2 is 1.69 bits per heavy atom. The molecule has 6 heteroatoms. The van der Waals surface area contributed by atoms with E-state index < -0.39 is 0 Å². The highest BCUT2D eigenvalue weighted by Crippen LogP contribution is 2.14. The largest absolute Gasteiger partial charge is 0.350 e. The number of rotatable bonds is 6. The first kappa shape index (κ1) is 19.3. The molecule has 1 amide bonds.